The average molecular weight is 352 g/mol. The molecule has 136 valence electrons. The summed E-state index contributed by atoms with van der Waals surface area (Å²) in [4.78, 5) is 15.3. The van der Waals surface area contributed by atoms with E-state index in [0.717, 1.165) is 25.1 Å². The Morgan fingerprint density at radius 3 is 2.77 bits per heavy atom. The van der Waals surface area contributed by atoms with E-state index in [1.165, 1.54) is 5.56 Å². The fourth-order valence-electron chi connectivity index (χ4n) is 3.62. The van der Waals surface area contributed by atoms with Crippen LogP contribution in [0.1, 0.15) is 34.5 Å². The molecule has 0 radical (unpaired) electrons. The van der Waals surface area contributed by atoms with Crippen LogP contribution in [0, 0.1) is 0 Å². The lowest BCUT2D eigenvalue weighted by Gasteiger charge is -2.37. The highest BCUT2D eigenvalue weighted by Gasteiger charge is 2.31. The van der Waals surface area contributed by atoms with Crippen molar-refractivity contribution in [2.24, 2.45) is 0 Å². The Kier molecular flexibility index (Phi) is 4.80. The van der Waals surface area contributed by atoms with Crippen LogP contribution < -0.4 is 14.8 Å². The van der Waals surface area contributed by atoms with Gasteiger partial charge in [-0.3, -0.25) is 4.79 Å². The van der Waals surface area contributed by atoms with Crippen molar-refractivity contribution in [3.05, 3.63) is 59.2 Å². The van der Waals surface area contributed by atoms with Gasteiger partial charge in [0.1, 0.15) is 13.2 Å². The quantitative estimate of drug-likeness (QED) is 0.923. The van der Waals surface area contributed by atoms with Gasteiger partial charge in [-0.1, -0.05) is 37.3 Å². The molecule has 5 nitrogen and oxygen atoms in total. The summed E-state index contributed by atoms with van der Waals surface area (Å²) in [6.07, 6.45) is 1.01. The minimum Gasteiger partial charge on any atom is -0.486 e. The maximum absolute atomic E-state index is 13.3. The number of benzene rings is 2. The van der Waals surface area contributed by atoms with Gasteiger partial charge in [-0.2, -0.15) is 0 Å². The SMILES string of the molecule is CCc1ccc(C2CNCCN2C(=O)c2cccc3c2OCCO3)cc1. The molecule has 1 unspecified atom stereocenters. The summed E-state index contributed by atoms with van der Waals surface area (Å²) in [5.74, 6) is 1.22. The molecule has 0 aromatic heterocycles. The number of hydrogen-bond donors (Lipinski definition) is 1. The van der Waals surface area contributed by atoms with Gasteiger partial charge in [-0.15, -0.1) is 0 Å². The third-order valence-corrected chi connectivity index (χ3v) is 5.07. The normalized spacial score (nSPS) is 19.3. The summed E-state index contributed by atoms with van der Waals surface area (Å²) in [5.41, 5.74) is 3.04. The Labute approximate surface area is 153 Å². The van der Waals surface area contributed by atoms with E-state index < -0.39 is 0 Å². The molecule has 0 saturated carbocycles. The van der Waals surface area contributed by atoms with E-state index in [4.69, 9.17) is 9.47 Å². The van der Waals surface area contributed by atoms with Crippen molar-refractivity contribution in [1.82, 2.24) is 10.2 Å². The van der Waals surface area contributed by atoms with Gasteiger partial charge in [-0.25, -0.2) is 0 Å². The van der Waals surface area contributed by atoms with Gasteiger partial charge in [0.05, 0.1) is 11.6 Å². The van der Waals surface area contributed by atoms with Gasteiger partial charge < -0.3 is 19.7 Å². The second kappa shape index (κ2) is 7.38. The van der Waals surface area contributed by atoms with Crippen LogP contribution in [-0.4, -0.2) is 43.7 Å². The number of piperazine rings is 1. The van der Waals surface area contributed by atoms with Crippen molar-refractivity contribution in [2.75, 3.05) is 32.8 Å². The monoisotopic (exact) mass is 352 g/mol. The van der Waals surface area contributed by atoms with Crippen LogP contribution in [0.3, 0.4) is 0 Å². The number of aryl methyl sites for hydroxylation is 1. The number of fused-ring (bicyclic) bond motifs is 1. The molecule has 2 heterocycles. The number of nitrogens with one attached hydrogen (secondary N) is 1. The number of para-hydroxylation sites is 1. The van der Waals surface area contributed by atoms with E-state index in [0.29, 0.717) is 36.8 Å². The second-order valence-corrected chi connectivity index (χ2v) is 6.64. The lowest BCUT2D eigenvalue weighted by atomic mass is 9.99. The number of ether oxygens (including phenoxy) is 2. The molecule has 2 aliphatic heterocycles. The zero-order valence-corrected chi connectivity index (χ0v) is 15.0. The molecule has 4 rings (SSSR count). The number of amides is 1. The minimum absolute atomic E-state index is 0.00146. The molecule has 1 fully saturated rings. The van der Waals surface area contributed by atoms with Gasteiger partial charge in [0, 0.05) is 19.6 Å². The van der Waals surface area contributed by atoms with Gasteiger partial charge >= 0.3 is 0 Å². The van der Waals surface area contributed by atoms with E-state index in [2.05, 4.69) is 36.5 Å². The zero-order valence-electron chi connectivity index (χ0n) is 15.0. The molecule has 1 atom stereocenters. The minimum atomic E-state index is -0.00146. The summed E-state index contributed by atoms with van der Waals surface area (Å²) >= 11 is 0. The maximum Gasteiger partial charge on any atom is 0.258 e. The largest absolute Gasteiger partial charge is 0.486 e. The summed E-state index contributed by atoms with van der Waals surface area (Å²) < 4.78 is 11.4. The topological polar surface area (TPSA) is 50.8 Å². The highest BCUT2D eigenvalue weighted by atomic mass is 16.6. The number of hydrogen-bond acceptors (Lipinski definition) is 4. The van der Waals surface area contributed by atoms with Crippen LogP contribution in [-0.2, 0) is 6.42 Å². The summed E-state index contributed by atoms with van der Waals surface area (Å²) in [6.45, 7) is 5.36. The molecule has 0 aliphatic carbocycles. The fraction of sp³-hybridized carbons (Fsp3) is 0.381. The Morgan fingerprint density at radius 2 is 1.96 bits per heavy atom. The average Bonchev–Trinajstić information content (AvgIpc) is 2.73. The fourth-order valence-corrected chi connectivity index (χ4v) is 3.62. The number of carbonyl (C=O) groups is 1. The molecule has 2 aromatic rings. The molecule has 0 bridgehead atoms. The van der Waals surface area contributed by atoms with Crippen molar-refractivity contribution in [2.45, 2.75) is 19.4 Å². The molecule has 1 amide bonds. The van der Waals surface area contributed by atoms with Crippen LogP contribution in [0.5, 0.6) is 11.5 Å². The number of nitrogens with zero attached hydrogens (tertiary/aromatic N) is 1. The lowest BCUT2D eigenvalue weighted by molar-refractivity contribution is 0.0624. The smallest absolute Gasteiger partial charge is 0.258 e. The van der Waals surface area contributed by atoms with Crippen LogP contribution in [0.25, 0.3) is 0 Å². The first kappa shape index (κ1) is 16.9. The van der Waals surface area contributed by atoms with Crippen LogP contribution >= 0.6 is 0 Å². The Morgan fingerprint density at radius 1 is 1.15 bits per heavy atom. The summed E-state index contributed by atoms with van der Waals surface area (Å²) in [7, 11) is 0. The van der Waals surface area contributed by atoms with E-state index in [1.54, 1.807) is 0 Å². The molecule has 5 heteroatoms. The first-order valence-electron chi connectivity index (χ1n) is 9.27. The standard InChI is InChI=1S/C21H24N2O3/c1-2-15-6-8-16(9-7-15)18-14-22-10-11-23(18)21(24)17-4-3-5-19-20(17)26-13-12-25-19/h3-9,18,22H,2,10-14H2,1H3. The van der Waals surface area contributed by atoms with E-state index in [1.807, 2.05) is 23.1 Å². The third-order valence-electron chi connectivity index (χ3n) is 5.07. The Bertz CT molecular complexity index is 788. The molecule has 26 heavy (non-hydrogen) atoms. The lowest BCUT2D eigenvalue weighted by Crippen LogP contribution is -2.48. The highest BCUT2D eigenvalue weighted by molar-refractivity contribution is 5.98. The molecule has 1 N–H and O–H groups in total. The Hall–Kier alpha value is -2.53. The Balaban J connectivity index is 1.65. The van der Waals surface area contributed by atoms with E-state index in [9.17, 15) is 4.79 Å². The molecular weight excluding hydrogens is 328 g/mol. The van der Waals surface area contributed by atoms with Gasteiger partial charge in [0.15, 0.2) is 11.5 Å². The van der Waals surface area contributed by atoms with Crippen LogP contribution in [0.4, 0.5) is 0 Å². The van der Waals surface area contributed by atoms with Gasteiger partial charge in [-0.05, 0) is 29.7 Å². The van der Waals surface area contributed by atoms with Crippen molar-refractivity contribution < 1.29 is 14.3 Å². The van der Waals surface area contributed by atoms with Crippen molar-refractivity contribution >= 4 is 5.91 Å². The summed E-state index contributed by atoms with van der Waals surface area (Å²) in [5, 5.41) is 3.41. The number of carbonyl (C=O) groups excluding carboxylic acids is 1. The van der Waals surface area contributed by atoms with Crippen LogP contribution in [0.15, 0.2) is 42.5 Å². The molecular formula is C21H24N2O3. The van der Waals surface area contributed by atoms with Gasteiger partial charge in [0.25, 0.3) is 5.91 Å². The van der Waals surface area contributed by atoms with E-state index >= 15 is 0 Å². The maximum atomic E-state index is 13.3. The van der Waals surface area contributed by atoms with Crippen LogP contribution in [0.2, 0.25) is 0 Å². The number of rotatable bonds is 3. The second-order valence-electron chi connectivity index (χ2n) is 6.64. The summed E-state index contributed by atoms with van der Waals surface area (Å²) in [6, 6.07) is 14.1. The third kappa shape index (κ3) is 3.15. The first-order chi connectivity index (χ1) is 12.8. The van der Waals surface area contributed by atoms with Gasteiger partial charge in [0.2, 0.25) is 0 Å². The van der Waals surface area contributed by atoms with Crippen molar-refractivity contribution in [3.63, 3.8) is 0 Å². The first-order valence-corrected chi connectivity index (χ1v) is 9.27. The molecule has 1 saturated heterocycles. The predicted octanol–water partition coefficient (Wildman–Crippen LogP) is 2.81. The van der Waals surface area contributed by atoms with Crippen molar-refractivity contribution in [3.8, 4) is 11.5 Å². The van der Waals surface area contributed by atoms with E-state index in [-0.39, 0.29) is 11.9 Å². The predicted molar refractivity (Wildman–Crippen MR) is 99.9 cm³/mol. The highest BCUT2D eigenvalue weighted by Crippen LogP contribution is 2.35. The molecule has 2 aliphatic rings. The molecule has 2 aromatic carbocycles. The molecule has 0 spiro atoms. The van der Waals surface area contributed by atoms with Crippen molar-refractivity contribution in [1.29, 1.82) is 0 Å². The zero-order chi connectivity index (χ0) is 17.9.